The maximum absolute atomic E-state index is 13.8. The van der Waals surface area contributed by atoms with Gasteiger partial charge in [0.25, 0.3) is 0 Å². The molecule has 0 aliphatic carbocycles. The van der Waals surface area contributed by atoms with E-state index in [0.717, 1.165) is 0 Å². The highest BCUT2D eigenvalue weighted by Gasteiger charge is 2.18. The lowest BCUT2D eigenvalue weighted by Crippen LogP contribution is -2.44. The predicted molar refractivity (Wildman–Crippen MR) is 80.0 cm³/mol. The van der Waals surface area contributed by atoms with Gasteiger partial charge in [0.05, 0.1) is 12.6 Å². The van der Waals surface area contributed by atoms with Gasteiger partial charge in [-0.25, -0.2) is 4.39 Å². The van der Waals surface area contributed by atoms with Gasteiger partial charge in [-0.05, 0) is 26.0 Å². The first-order valence-electron chi connectivity index (χ1n) is 6.43. The monoisotopic (exact) mass is 346 g/mol. The number of ether oxygens (including phenoxy) is 1. The predicted octanol–water partition coefficient (Wildman–Crippen LogP) is 2.39. The number of halogens is 2. The summed E-state index contributed by atoms with van der Waals surface area (Å²) in [6.45, 7) is 4.50. The van der Waals surface area contributed by atoms with Crippen LogP contribution in [0.4, 0.5) is 4.39 Å². The molecule has 6 heteroatoms. The average molecular weight is 347 g/mol. The number of carbonyl (C=O) groups is 1. The molecule has 0 aliphatic rings. The lowest BCUT2D eigenvalue weighted by Gasteiger charge is -2.20. The first-order valence-corrected chi connectivity index (χ1v) is 7.22. The molecule has 0 saturated carbocycles. The molecular formula is C14H20BrFN2O2. The van der Waals surface area contributed by atoms with Crippen molar-refractivity contribution in [1.29, 1.82) is 0 Å². The Morgan fingerprint density at radius 3 is 2.75 bits per heavy atom. The molecule has 0 radical (unpaired) electrons. The van der Waals surface area contributed by atoms with Crippen molar-refractivity contribution in [2.75, 3.05) is 20.3 Å². The minimum atomic E-state index is -0.412. The Hall–Kier alpha value is -0.980. The molecule has 4 nitrogen and oxygen atoms in total. The zero-order valence-corrected chi connectivity index (χ0v) is 13.5. The van der Waals surface area contributed by atoms with Crippen LogP contribution in [-0.2, 0) is 9.53 Å². The van der Waals surface area contributed by atoms with Crippen molar-refractivity contribution in [3.05, 3.63) is 34.1 Å². The van der Waals surface area contributed by atoms with Gasteiger partial charge >= 0.3 is 0 Å². The molecule has 0 fully saturated rings. The number of benzene rings is 1. The second-order valence-electron chi connectivity index (χ2n) is 4.56. The molecule has 20 heavy (non-hydrogen) atoms. The molecule has 1 aromatic carbocycles. The second kappa shape index (κ2) is 8.34. The molecule has 0 saturated heterocycles. The van der Waals surface area contributed by atoms with E-state index in [2.05, 4.69) is 26.6 Å². The third kappa shape index (κ3) is 5.19. The van der Waals surface area contributed by atoms with Gasteiger partial charge in [-0.15, -0.1) is 0 Å². The number of rotatable bonds is 7. The van der Waals surface area contributed by atoms with E-state index in [1.807, 2.05) is 6.92 Å². The molecule has 112 valence electrons. The van der Waals surface area contributed by atoms with Crippen LogP contribution in [0.2, 0.25) is 0 Å². The third-order valence-electron chi connectivity index (χ3n) is 2.93. The number of methoxy groups -OCH3 is 1. The topological polar surface area (TPSA) is 50.4 Å². The van der Waals surface area contributed by atoms with Crippen LogP contribution in [0.5, 0.6) is 0 Å². The van der Waals surface area contributed by atoms with Gasteiger partial charge in [-0.1, -0.05) is 22.0 Å². The van der Waals surface area contributed by atoms with Gasteiger partial charge in [0.15, 0.2) is 0 Å². The summed E-state index contributed by atoms with van der Waals surface area (Å²) < 4.78 is 19.4. The van der Waals surface area contributed by atoms with E-state index in [-0.39, 0.29) is 17.8 Å². The first-order chi connectivity index (χ1) is 9.45. The van der Waals surface area contributed by atoms with Gasteiger partial charge < -0.3 is 10.1 Å². The molecule has 1 aromatic rings. The molecule has 1 rings (SSSR count). The van der Waals surface area contributed by atoms with E-state index < -0.39 is 6.04 Å². The van der Waals surface area contributed by atoms with Crippen LogP contribution in [0.1, 0.15) is 25.5 Å². The number of hydrogen-bond donors (Lipinski definition) is 2. The fraction of sp³-hybridized carbons (Fsp3) is 0.500. The molecule has 0 spiro atoms. The maximum Gasteiger partial charge on any atom is 0.236 e. The summed E-state index contributed by atoms with van der Waals surface area (Å²) in [6.07, 6.45) is 0. The van der Waals surface area contributed by atoms with E-state index in [4.69, 9.17) is 4.74 Å². The standard InChI is InChI=1S/C14H20BrFN2O2/c1-9(12-5-4-11(15)8-13(12)16)18-10(2)14(19)17-6-7-20-3/h4-5,8-10,18H,6-7H2,1-3H3,(H,17,19). The van der Waals surface area contributed by atoms with Gasteiger partial charge in [0.1, 0.15) is 5.82 Å². The highest BCUT2D eigenvalue weighted by molar-refractivity contribution is 9.10. The lowest BCUT2D eigenvalue weighted by atomic mass is 10.1. The number of amides is 1. The van der Waals surface area contributed by atoms with Crippen molar-refractivity contribution in [2.45, 2.75) is 25.9 Å². The summed E-state index contributed by atoms with van der Waals surface area (Å²) in [6, 6.07) is 4.22. The van der Waals surface area contributed by atoms with Gasteiger partial charge in [-0.3, -0.25) is 10.1 Å². The lowest BCUT2D eigenvalue weighted by molar-refractivity contribution is -0.123. The van der Waals surface area contributed by atoms with Gasteiger partial charge in [0.2, 0.25) is 5.91 Å². The third-order valence-corrected chi connectivity index (χ3v) is 3.42. The minimum Gasteiger partial charge on any atom is -0.383 e. The van der Waals surface area contributed by atoms with Crippen molar-refractivity contribution in [2.24, 2.45) is 0 Å². The van der Waals surface area contributed by atoms with Crippen LogP contribution in [0.3, 0.4) is 0 Å². The molecule has 0 aliphatic heterocycles. The largest absolute Gasteiger partial charge is 0.383 e. The normalized spacial score (nSPS) is 13.8. The van der Waals surface area contributed by atoms with E-state index in [0.29, 0.717) is 23.2 Å². The van der Waals surface area contributed by atoms with Gasteiger partial charge in [-0.2, -0.15) is 0 Å². The first kappa shape index (κ1) is 17.1. The van der Waals surface area contributed by atoms with Crippen LogP contribution in [-0.4, -0.2) is 32.2 Å². The molecule has 0 bridgehead atoms. The molecule has 2 atom stereocenters. The van der Waals surface area contributed by atoms with Crippen molar-refractivity contribution < 1.29 is 13.9 Å². The fourth-order valence-electron chi connectivity index (χ4n) is 1.82. The molecule has 1 amide bonds. The Morgan fingerprint density at radius 1 is 1.45 bits per heavy atom. The van der Waals surface area contributed by atoms with Crippen molar-refractivity contribution in [3.8, 4) is 0 Å². The summed E-state index contributed by atoms with van der Waals surface area (Å²) >= 11 is 3.22. The quantitative estimate of drug-likeness (QED) is 0.745. The summed E-state index contributed by atoms with van der Waals surface area (Å²) in [7, 11) is 1.58. The average Bonchev–Trinajstić information content (AvgIpc) is 2.38. The summed E-state index contributed by atoms with van der Waals surface area (Å²) in [5.74, 6) is -0.433. The van der Waals surface area contributed by atoms with E-state index in [1.54, 1.807) is 26.2 Å². The Morgan fingerprint density at radius 2 is 2.15 bits per heavy atom. The molecular weight excluding hydrogens is 327 g/mol. The Bertz CT molecular complexity index is 457. The Labute approximate surface area is 127 Å². The minimum absolute atomic E-state index is 0.133. The van der Waals surface area contributed by atoms with E-state index >= 15 is 0 Å². The molecule has 0 aromatic heterocycles. The second-order valence-corrected chi connectivity index (χ2v) is 5.48. The number of nitrogens with one attached hydrogen (secondary N) is 2. The van der Waals surface area contributed by atoms with E-state index in [1.165, 1.54) is 6.07 Å². The molecule has 2 N–H and O–H groups in total. The molecule has 0 heterocycles. The van der Waals surface area contributed by atoms with E-state index in [9.17, 15) is 9.18 Å². The summed E-state index contributed by atoms with van der Waals surface area (Å²) in [5.41, 5.74) is 0.532. The Kier molecular flexibility index (Phi) is 7.12. The smallest absolute Gasteiger partial charge is 0.236 e. The highest BCUT2D eigenvalue weighted by Crippen LogP contribution is 2.21. The van der Waals surface area contributed by atoms with Crippen LogP contribution >= 0.6 is 15.9 Å². The maximum atomic E-state index is 13.8. The van der Waals surface area contributed by atoms with Crippen molar-refractivity contribution in [1.82, 2.24) is 10.6 Å². The van der Waals surface area contributed by atoms with Crippen LogP contribution in [0.15, 0.2) is 22.7 Å². The van der Waals surface area contributed by atoms with Crippen LogP contribution < -0.4 is 10.6 Å². The SMILES string of the molecule is COCCNC(=O)C(C)NC(C)c1ccc(Br)cc1F. The number of hydrogen-bond acceptors (Lipinski definition) is 3. The van der Waals surface area contributed by atoms with Crippen LogP contribution in [0.25, 0.3) is 0 Å². The van der Waals surface area contributed by atoms with Gasteiger partial charge in [0, 0.05) is 29.7 Å². The fourth-order valence-corrected chi connectivity index (χ4v) is 2.16. The Balaban J connectivity index is 2.56. The summed E-state index contributed by atoms with van der Waals surface area (Å²) in [5, 5.41) is 5.81. The summed E-state index contributed by atoms with van der Waals surface area (Å²) in [4.78, 5) is 11.8. The molecule has 2 unspecified atom stereocenters. The zero-order chi connectivity index (χ0) is 15.1. The van der Waals surface area contributed by atoms with Crippen molar-refractivity contribution in [3.63, 3.8) is 0 Å². The number of carbonyl (C=O) groups excluding carboxylic acids is 1. The van der Waals surface area contributed by atoms with Crippen LogP contribution in [0, 0.1) is 5.82 Å². The van der Waals surface area contributed by atoms with Crippen molar-refractivity contribution >= 4 is 21.8 Å². The zero-order valence-electron chi connectivity index (χ0n) is 11.9. The highest BCUT2D eigenvalue weighted by atomic mass is 79.9.